The molecular formula is C34H40F4N4O6S. The molecule has 0 aliphatic carbocycles. The van der Waals surface area contributed by atoms with E-state index in [0.29, 0.717) is 23.4 Å². The molecule has 5 rings (SSSR count). The number of rotatable bonds is 8. The predicted molar refractivity (Wildman–Crippen MR) is 176 cm³/mol. The van der Waals surface area contributed by atoms with Crippen LogP contribution in [0, 0.1) is 5.82 Å². The zero-order chi connectivity index (χ0) is 36.3. The van der Waals surface area contributed by atoms with Gasteiger partial charge < -0.3 is 14.7 Å². The number of hydrogen-bond acceptors (Lipinski definition) is 6. The molecule has 1 spiro atoms. The number of sulfonamides is 1. The third kappa shape index (κ3) is 8.69. The first kappa shape index (κ1) is 37.6. The van der Waals surface area contributed by atoms with Gasteiger partial charge in [0.25, 0.3) is 0 Å². The van der Waals surface area contributed by atoms with Crippen LogP contribution in [-0.4, -0.2) is 98.2 Å². The van der Waals surface area contributed by atoms with E-state index in [4.69, 9.17) is 14.6 Å². The standard InChI is InChI=1S/C32H39FN4O4S.C2HF3O2/c1-23(2)41-27-8-6-7-24(19-27)21-36-17-15-32(16-18-36)22-35(5)31(38)37(32)30-20-26(33)11-14-29(30)25-9-12-28(13-10-25)42(39,40)34(3)4;3-2(4,5)1(6)7/h6-14,19-20,23H,15-18,21-22H2,1-5H3;(H,6,7). The third-order valence-corrected chi connectivity index (χ3v) is 10.2. The van der Waals surface area contributed by atoms with Crippen LogP contribution in [0.25, 0.3) is 11.1 Å². The summed E-state index contributed by atoms with van der Waals surface area (Å²) in [6.45, 7) is 6.92. The zero-order valence-electron chi connectivity index (χ0n) is 27.9. The van der Waals surface area contributed by atoms with Crippen molar-refractivity contribution in [3.8, 4) is 16.9 Å². The van der Waals surface area contributed by atoms with Gasteiger partial charge in [0.05, 0.1) is 22.2 Å². The molecule has 0 unspecified atom stereocenters. The van der Waals surface area contributed by atoms with Crippen LogP contribution in [0.1, 0.15) is 32.3 Å². The third-order valence-electron chi connectivity index (χ3n) is 8.37. The van der Waals surface area contributed by atoms with E-state index >= 15 is 0 Å². The fraction of sp³-hybridized carbons (Fsp3) is 0.412. The summed E-state index contributed by atoms with van der Waals surface area (Å²) < 4.78 is 78.7. The van der Waals surface area contributed by atoms with Crippen LogP contribution in [-0.2, 0) is 21.4 Å². The van der Waals surface area contributed by atoms with E-state index in [2.05, 4.69) is 17.0 Å². The number of carbonyl (C=O) groups is 2. The van der Waals surface area contributed by atoms with Gasteiger partial charge in [-0.25, -0.2) is 26.7 Å². The topological polar surface area (TPSA) is 111 Å². The smallest absolute Gasteiger partial charge is 0.490 e. The Kier molecular flexibility index (Phi) is 11.3. The normalized spacial score (nSPS) is 16.7. The van der Waals surface area contributed by atoms with Crippen LogP contribution in [0.3, 0.4) is 0 Å². The fourth-order valence-corrected chi connectivity index (χ4v) is 6.92. The molecule has 1 N–H and O–H groups in total. The zero-order valence-corrected chi connectivity index (χ0v) is 28.7. The van der Waals surface area contributed by atoms with Gasteiger partial charge >= 0.3 is 18.2 Å². The molecule has 2 fully saturated rings. The van der Waals surface area contributed by atoms with Crippen LogP contribution in [0.2, 0.25) is 0 Å². The highest BCUT2D eigenvalue weighted by atomic mass is 32.2. The summed E-state index contributed by atoms with van der Waals surface area (Å²) in [5.41, 5.74) is 2.58. The number of benzene rings is 3. The number of urea groups is 1. The van der Waals surface area contributed by atoms with Gasteiger partial charge in [0.15, 0.2) is 0 Å². The minimum Gasteiger partial charge on any atom is -0.491 e. The summed E-state index contributed by atoms with van der Waals surface area (Å²) in [4.78, 5) is 28.6. The Balaban J connectivity index is 0.000000698. The van der Waals surface area contributed by atoms with Gasteiger partial charge in [-0.1, -0.05) is 24.3 Å². The number of aliphatic carboxylic acids is 1. The molecule has 266 valence electrons. The molecule has 0 radical (unpaired) electrons. The number of anilines is 1. The van der Waals surface area contributed by atoms with Crippen molar-refractivity contribution in [1.29, 1.82) is 0 Å². The van der Waals surface area contributed by atoms with Gasteiger partial charge in [-0.3, -0.25) is 9.80 Å². The van der Waals surface area contributed by atoms with Crippen LogP contribution >= 0.6 is 0 Å². The van der Waals surface area contributed by atoms with Gasteiger partial charge in [0, 0.05) is 52.9 Å². The van der Waals surface area contributed by atoms with Crippen molar-refractivity contribution in [3.05, 3.63) is 78.1 Å². The molecule has 2 heterocycles. The lowest BCUT2D eigenvalue weighted by molar-refractivity contribution is -0.192. The van der Waals surface area contributed by atoms with Gasteiger partial charge in [-0.05, 0) is 80.3 Å². The molecule has 3 aromatic rings. The average Bonchev–Trinajstić information content (AvgIpc) is 3.26. The molecular weight excluding hydrogens is 668 g/mol. The first-order valence-electron chi connectivity index (χ1n) is 15.5. The lowest BCUT2D eigenvalue weighted by Crippen LogP contribution is -2.54. The maximum absolute atomic E-state index is 14.8. The van der Waals surface area contributed by atoms with E-state index in [9.17, 15) is 30.8 Å². The predicted octanol–water partition coefficient (Wildman–Crippen LogP) is 6.07. The van der Waals surface area contributed by atoms with Crippen molar-refractivity contribution >= 4 is 27.7 Å². The molecule has 2 aliphatic rings. The summed E-state index contributed by atoms with van der Waals surface area (Å²) >= 11 is 0. The molecule has 10 nitrogen and oxygen atoms in total. The minimum absolute atomic E-state index is 0.106. The van der Waals surface area contributed by atoms with Crippen molar-refractivity contribution in [3.63, 3.8) is 0 Å². The van der Waals surface area contributed by atoms with E-state index < -0.39 is 33.5 Å². The summed E-state index contributed by atoms with van der Waals surface area (Å²) in [5, 5.41) is 7.12. The summed E-state index contributed by atoms with van der Waals surface area (Å²) in [5.74, 6) is -2.33. The van der Waals surface area contributed by atoms with E-state index in [0.717, 1.165) is 42.5 Å². The lowest BCUT2D eigenvalue weighted by atomic mass is 9.85. The number of nitrogens with zero attached hydrogens (tertiary/aromatic N) is 4. The van der Waals surface area contributed by atoms with E-state index in [1.54, 1.807) is 47.2 Å². The van der Waals surface area contributed by atoms with Crippen molar-refractivity contribution in [2.75, 3.05) is 45.7 Å². The summed E-state index contributed by atoms with van der Waals surface area (Å²) in [6, 6.07) is 19.0. The fourth-order valence-electron chi connectivity index (χ4n) is 6.02. The number of likely N-dealkylation sites (N-methyl/N-ethyl adjacent to an activating group) is 1. The van der Waals surface area contributed by atoms with E-state index in [1.807, 2.05) is 26.0 Å². The SMILES string of the molecule is CC(C)Oc1cccc(CN2CCC3(CC2)CN(C)C(=O)N3c2cc(F)ccc2-c2ccc(S(=O)(=O)N(C)C)cc2)c1.O=C(O)C(F)(F)F. The van der Waals surface area contributed by atoms with Gasteiger partial charge in [-0.2, -0.15) is 13.2 Å². The second-order valence-electron chi connectivity index (χ2n) is 12.6. The Bertz CT molecular complexity index is 1760. The number of halogens is 4. The van der Waals surface area contributed by atoms with Gasteiger partial charge in [0.1, 0.15) is 11.6 Å². The largest absolute Gasteiger partial charge is 0.491 e. The minimum atomic E-state index is -5.08. The van der Waals surface area contributed by atoms with Gasteiger partial charge in [0.2, 0.25) is 10.0 Å². The van der Waals surface area contributed by atoms with Crippen LogP contribution < -0.4 is 9.64 Å². The molecule has 2 saturated heterocycles. The number of piperidine rings is 1. The molecule has 0 atom stereocenters. The Labute approximate surface area is 283 Å². The van der Waals surface area contributed by atoms with E-state index in [-0.39, 0.29) is 17.0 Å². The second-order valence-corrected chi connectivity index (χ2v) is 14.7. The number of likely N-dealkylation sites (tertiary alicyclic amines) is 1. The Morgan fingerprint density at radius 1 is 1.02 bits per heavy atom. The number of amides is 2. The number of carboxylic acid groups (broad SMARTS) is 1. The molecule has 3 aromatic carbocycles. The average molecular weight is 709 g/mol. The Morgan fingerprint density at radius 3 is 2.18 bits per heavy atom. The summed E-state index contributed by atoms with van der Waals surface area (Å²) in [7, 11) is 1.17. The molecule has 0 bridgehead atoms. The second kappa shape index (κ2) is 14.7. The molecule has 2 amide bonds. The van der Waals surface area contributed by atoms with Crippen molar-refractivity contribution in [1.82, 2.24) is 14.1 Å². The van der Waals surface area contributed by atoms with Crippen LogP contribution in [0.15, 0.2) is 71.6 Å². The number of ether oxygens (including phenoxy) is 1. The molecule has 0 saturated carbocycles. The van der Waals surface area contributed by atoms with E-state index in [1.165, 1.54) is 31.8 Å². The number of carbonyl (C=O) groups excluding carboxylic acids is 1. The Hall–Kier alpha value is -4.21. The van der Waals surface area contributed by atoms with Gasteiger partial charge in [-0.15, -0.1) is 0 Å². The van der Waals surface area contributed by atoms with Crippen molar-refractivity contribution < 1.29 is 45.4 Å². The van der Waals surface area contributed by atoms with Crippen molar-refractivity contribution in [2.24, 2.45) is 0 Å². The maximum Gasteiger partial charge on any atom is 0.490 e. The first-order valence-corrected chi connectivity index (χ1v) is 16.9. The highest BCUT2D eigenvalue weighted by molar-refractivity contribution is 7.89. The number of hydrogen-bond donors (Lipinski definition) is 1. The molecule has 2 aliphatic heterocycles. The number of alkyl halides is 3. The van der Waals surface area contributed by atoms with Crippen molar-refractivity contribution in [2.45, 2.75) is 55.9 Å². The maximum atomic E-state index is 14.8. The molecule has 15 heteroatoms. The molecule has 0 aromatic heterocycles. The molecule has 49 heavy (non-hydrogen) atoms. The number of carboxylic acids is 1. The first-order chi connectivity index (χ1) is 22.8. The Morgan fingerprint density at radius 2 is 1.63 bits per heavy atom. The van der Waals surface area contributed by atoms with Crippen LogP contribution in [0.5, 0.6) is 5.75 Å². The summed E-state index contributed by atoms with van der Waals surface area (Å²) in [6.07, 6.45) is -3.50. The highest BCUT2D eigenvalue weighted by Crippen LogP contribution is 2.43. The quantitative estimate of drug-likeness (QED) is 0.283. The highest BCUT2D eigenvalue weighted by Gasteiger charge is 2.51. The lowest BCUT2D eigenvalue weighted by Gasteiger charge is -2.44. The van der Waals surface area contributed by atoms with Crippen LogP contribution in [0.4, 0.5) is 28.0 Å². The monoisotopic (exact) mass is 708 g/mol.